The van der Waals surface area contributed by atoms with Crippen LogP contribution in [-0.4, -0.2) is 17.6 Å². The maximum absolute atomic E-state index is 12.2. The van der Waals surface area contributed by atoms with Crippen LogP contribution in [-0.2, 0) is 6.42 Å². The van der Waals surface area contributed by atoms with Crippen LogP contribution in [0.1, 0.15) is 21.5 Å². The minimum atomic E-state index is -0.126. The van der Waals surface area contributed by atoms with Crippen LogP contribution >= 0.6 is 15.9 Å². The van der Waals surface area contributed by atoms with E-state index in [0.717, 1.165) is 21.3 Å². The van der Waals surface area contributed by atoms with Gasteiger partial charge in [-0.2, -0.15) is 0 Å². The van der Waals surface area contributed by atoms with Crippen molar-refractivity contribution < 1.29 is 9.90 Å². The third kappa shape index (κ3) is 3.68. The molecule has 0 fully saturated rings. The zero-order valence-electron chi connectivity index (χ0n) is 11.2. The Labute approximate surface area is 126 Å². The molecule has 0 aliphatic carbocycles. The number of hydrogen-bond acceptors (Lipinski definition) is 2. The van der Waals surface area contributed by atoms with Crippen LogP contribution in [0.2, 0.25) is 0 Å². The van der Waals surface area contributed by atoms with Crippen molar-refractivity contribution in [2.45, 2.75) is 13.3 Å². The van der Waals surface area contributed by atoms with Crippen LogP contribution in [0.3, 0.4) is 0 Å². The number of anilines is 1. The summed E-state index contributed by atoms with van der Waals surface area (Å²) in [6.45, 7) is 2.04. The Balaban J connectivity index is 2.13. The molecule has 2 N–H and O–H groups in total. The fourth-order valence-corrected chi connectivity index (χ4v) is 2.28. The SMILES string of the molecule is Cc1ccc(Br)cc1C(=O)Nc1ccc(CCO)cc1. The summed E-state index contributed by atoms with van der Waals surface area (Å²) in [7, 11) is 0. The summed E-state index contributed by atoms with van der Waals surface area (Å²) in [6, 6.07) is 13.1. The number of carbonyl (C=O) groups is 1. The molecule has 0 bridgehead atoms. The zero-order chi connectivity index (χ0) is 14.5. The molecule has 20 heavy (non-hydrogen) atoms. The normalized spacial score (nSPS) is 10.3. The van der Waals surface area contributed by atoms with Crippen LogP contribution in [0.15, 0.2) is 46.9 Å². The van der Waals surface area contributed by atoms with Gasteiger partial charge in [-0.3, -0.25) is 4.79 Å². The molecule has 1 amide bonds. The summed E-state index contributed by atoms with van der Waals surface area (Å²) in [6.07, 6.45) is 0.624. The highest BCUT2D eigenvalue weighted by Crippen LogP contribution is 2.18. The monoisotopic (exact) mass is 333 g/mol. The second kappa shape index (κ2) is 6.68. The molecule has 3 nitrogen and oxygen atoms in total. The largest absolute Gasteiger partial charge is 0.396 e. The minimum Gasteiger partial charge on any atom is -0.396 e. The van der Waals surface area contributed by atoms with Crippen molar-refractivity contribution in [3.8, 4) is 0 Å². The van der Waals surface area contributed by atoms with Crippen molar-refractivity contribution in [3.05, 3.63) is 63.6 Å². The number of rotatable bonds is 4. The highest BCUT2D eigenvalue weighted by atomic mass is 79.9. The lowest BCUT2D eigenvalue weighted by Crippen LogP contribution is -2.13. The van der Waals surface area contributed by atoms with Crippen molar-refractivity contribution in [1.82, 2.24) is 0 Å². The minimum absolute atomic E-state index is 0.126. The van der Waals surface area contributed by atoms with Gasteiger partial charge in [0.25, 0.3) is 5.91 Å². The first-order valence-electron chi connectivity index (χ1n) is 6.37. The Morgan fingerprint density at radius 3 is 2.55 bits per heavy atom. The quantitative estimate of drug-likeness (QED) is 0.898. The second-order valence-corrected chi connectivity index (χ2v) is 5.50. The Kier molecular flexibility index (Phi) is 4.93. The van der Waals surface area contributed by atoms with Gasteiger partial charge in [0, 0.05) is 22.3 Å². The smallest absolute Gasteiger partial charge is 0.255 e. The summed E-state index contributed by atoms with van der Waals surface area (Å²) < 4.78 is 0.881. The standard InChI is InChI=1S/C16H16BrNO2/c1-11-2-5-13(17)10-15(11)16(20)18-14-6-3-12(4-7-14)8-9-19/h2-7,10,19H,8-9H2,1H3,(H,18,20). The van der Waals surface area contributed by atoms with E-state index in [2.05, 4.69) is 21.2 Å². The van der Waals surface area contributed by atoms with Gasteiger partial charge in [0.1, 0.15) is 0 Å². The maximum atomic E-state index is 12.2. The highest BCUT2D eigenvalue weighted by Gasteiger charge is 2.09. The lowest BCUT2D eigenvalue weighted by molar-refractivity contribution is 0.102. The number of aliphatic hydroxyl groups is 1. The van der Waals surface area contributed by atoms with Crippen LogP contribution in [0.4, 0.5) is 5.69 Å². The molecule has 0 heterocycles. The second-order valence-electron chi connectivity index (χ2n) is 4.58. The number of hydrogen-bond donors (Lipinski definition) is 2. The summed E-state index contributed by atoms with van der Waals surface area (Å²) in [5.74, 6) is -0.126. The van der Waals surface area contributed by atoms with Gasteiger partial charge in [0.05, 0.1) is 0 Å². The number of amides is 1. The molecule has 0 saturated heterocycles. The first kappa shape index (κ1) is 14.8. The molecule has 0 radical (unpaired) electrons. The van der Waals surface area contributed by atoms with Gasteiger partial charge in [-0.1, -0.05) is 34.1 Å². The van der Waals surface area contributed by atoms with E-state index in [-0.39, 0.29) is 12.5 Å². The van der Waals surface area contributed by atoms with Crippen molar-refractivity contribution in [2.24, 2.45) is 0 Å². The molecular weight excluding hydrogens is 318 g/mol. The first-order valence-corrected chi connectivity index (χ1v) is 7.17. The summed E-state index contributed by atoms with van der Waals surface area (Å²) in [5, 5.41) is 11.7. The van der Waals surface area contributed by atoms with Crippen molar-refractivity contribution in [3.63, 3.8) is 0 Å². The number of carbonyl (C=O) groups excluding carboxylic acids is 1. The third-order valence-electron chi connectivity index (χ3n) is 3.06. The van der Waals surface area contributed by atoms with E-state index in [0.29, 0.717) is 12.0 Å². The number of halogens is 1. The van der Waals surface area contributed by atoms with Gasteiger partial charge in [-0.25, -0.2) is 0 Å². The van der Waals surface area contributed by atoms with E-state index in [1.54, 1.807) is 0 Å². The Bertz CT molecular complexity index is 608. The molecule has 0 aliphatic heterocycles. The molecule has 0 aliphatic rings. The first-order chi connectivity index (χ1) is 9.60. The zero-order valence-corrected chi connectivity index (χ0v) is 12.8. The summed E-state index contributed by atoms with van der Waals surface area (Å²) >= 11 is 3.37. The van der Waals surface area contributed by atoms with Gasteiger partial charge >= 0.3 is 0 Å². The summed E-state index contributed by atoms with van der Waals surface area (Å²) in [4.78, 5) is 12.2. The number of aliphatic hydroxyl groups excluding tert-OH is 1. The van der Waals surface area contributed by atoms with Gasteiger partial charge in [-0.15, -0.1) is 0 Å². The average Bonchev–Trinajstić information content (AvgIpc) is 2.44. The van der Waals surface area contributed by atoms with E-state index >= 15 is 0 Å². The van der Waals surface area contributed by atoms with Crippen LogP contribution < -0.4 is 5.32 Å². The highest BCUT2D eigenvalue weighted by molar-refractivity contribution is 9.10. The van der Waals surface area contributed by atoms with Gasteiger partial charge in [-0.05, 0) is 48.7 Å². The third-order valence-corrected chi connectivity index (χ3v) is 3.55. The van der Waals surface area contributed by atoms with Crippen molar-refractivity contribution in [2.75, 3.05) is 11.9 Å². The molecule has 2 rings (SSSR count). The molecule has 104 valence electrons. The Hall–Kier alpha value is -1.65. The fourth-order valence-electron chi connectivity index (χ4n) is 1.92. The lowest BCUT2D eigenvalue weighted by atomic mass is 10.1. The van der Waals surface area contributed by atoms with Crippen LogP contribution in [0.5, 0.6) is 0 Å². The van der Waals surface area contributed by atoms with E-state index < -0.39 is 0 Å². The lowest BCUT2D eigenvalue weighted by Gasteiger charge is -2.09. The molecule has 2 aromatic carbocycles. The molecule has 0 saturated carbocycles. The topological polar surface area (TPSA) is 49.3 Å². The molecule has 2 aromatic rings. The number of nitrogens with one attached hydrogen (secondary N) is 1. The fraction of sp³-hybridized carbons (Fsp3) is 0.188. The molecule has 0 atom stereocenters. The van der Waals surface area contributed by atoms with E-state index in [1.807, 2.05) is 49.4 Å². The van der Waals surface area contributed by atoms with Crippen molar-refractivity contribution >= 4 is 27.5 Å². The van der Waals surface area contributed by atoms with Crippen LogP contribution in [0.25, 0.3) is 0 Å². The Morgan fingerprint density at radius 1 is 1.20 bits per heavy atom. The van der Waals surface area contributed by atoms with Gasteiger partial charge in [0.2, 0.25) is 0 Å². The van der Waals surface area contributed by atoms with Gasteiger partial charge < -0.3 is 10.4 Å². The molecular formula is C16H16BrNO2. The van der Waals surface area contributed by atoms with E-state index in [1.165, 1.54) is 0 Å². The Morgan fingerprint density at radius 2 is 1.90 bits per heavy atom. The molecule has 4 heteroatoms. The molecule has 0 aromatic heterocycles. The van der Waals surface area contributed by atoms with Gasteiger partial charge in [0.15, 0.2) is 0 Å². The average molecular weight is 334 g/mol. The summed E-state index contributed by atoms with van der Waals surface area (Å²) in [5.41, 5.74) is 3.38. The maximum Gasteiger partial charge on any atom is 0.255 e. The predicted molar refractivity (Wildman–Crippen MR) is 84.1 cm³/mol. The van der Waals surface area contributed by atoms with E-state index in [9.17, 15) is 4.79 Å². The molecule has 0 spiro atoms. The van der Waals surface area contributed by atoms with Crippen molar-refractivity contribution in [1.29, 1.82) is 0 Å². The van der Waals surface area contributed by atoms with E-state index in [4.69, 9.17) is 5.11 Å². The predicted octanol–water partition coefficient (Wildman–Crippen LogP) is 3.54. The van der Waals surface area contributed by atoms with Crippen LogP contribution in [0, 0.1) is 6.92 Å². The number of benzene rings is 2. The number of aryl methyl sites for hydroxylation is 1. The molecule has 0 unspecified atom stereocenters.